The highest BCUT2D eigenvalue weighted by Crippen LogP contribution is 2.32. The monoisotopic (exact) mass is 111 g/mol. The van der Waals surface area contributed by atoms with Crippen LogP contribution >= 0.6 is 0 Å². The summed E-state index contributed by atoms with van der Waals surface area (Å²) in [5.74, 6) is 0. The Morgan fingerprint density at radius 2 is 2.00 bits per heavy atom. The van der Waals surface area contributed by atoms with Gasteiger partial charge in [-0.3, -0.25) is 7.05 Å². The molecule has 0 aromatic rings. The zero-order chi connectivity index (χ0) is 5.61. The standard InChI is InChI=1S/C6H11N2/c1-8-4-6(5-8)2-7-3-6/h7H,1-5H2/q-1. The molecule has 8 heavy (non-hydrogen) atoms. The smallest absolute Gasteiger partial charge is 0.0158 e. The molecule has 2 heterocycles. The molecule has 46 valence electrons. The minimum Gasteiger partial charge on any atom is -0.458 e. The van der Waals surface area contributed by atoms with Gasteiger partial charge in [0.25, 0.3) is 0 Å². The molecule has 2 rings (SSSR count). The summed E-state index contributed by atoms with van der Waals surface area (Å²) >= 11 is 0. The van der Waals surface area contributed by atoms with E-state index in [0.29, 0.717) is 5.41 Å². The van der Waals surface area contributed by atoms with E-state index in [0.717, 1.165) is 0 Å². The van der Waals surface area contributed by atoms with Crippen LogP contribution in [-0.4, -0.2) is 31.1 Å². The van der Waals surface area contributed by atoms with Crippen molar-refractivity contribution in [2.24, 2.45) is 5.41 Å². The summed E-state index contributed by atoms with van der Waals surface area (Å²) in [4.78, 5) is 2.13. The molecular weight excluding hydrogens is 100 g/mol. The molecule has 2 fully saturated rings. The van der Waals surface area contributed by atoms with Crippen LogP contribution in [0.1, 0.15) is 0 Å². The third kappa shape index (κ3) is 0.446. The first-order chi connectivity index (χ1) is 3.81. The SMILES string of the molecule is [CH2-]N1CC2(CNC2)C1. The Bertz CT molecular complexity index is 99.1. The van der Waals surface area contributed by atoms with Gasteiger partial charge in [-0.15, -0.1) is 0 Å². The van der Waals surface area contributed by atoms with Crippen molar-refractivity contribution in [2.45, 2.75) is 0 Å². The van der Waals surface area contributed by atoms with Gasteiger partial charge < -0.3 is 10.2 Å². The third-order valence-electron chi connectivity index (χ3n) is 2.12. The van der Waals surface area contributed by atoms with E-state index >= 15 is 0 Å². The Kier molecular flexibility index (Phi) is 0.746. The van der Waals surface area contributed by atoms with E-state index in [-0.39, 0.29) is 0 Å². The van der Waals surface area contributed by atoms with Crippen molar-refractivity contribution in [3.63, 3.8) is 0 Å². The topological polar surface area (TPSA) is 15.3 Å². The maximum Gasteiger partial charge on any atom is 0.0158 e. The van der Waals surface area contributed by atoms with E-state index in [1.165, 1.54) is 26.2 Å². The lowest BCUT2D eigenvalue weighted by molar-refractivity contribution is -0.00977. The van der Waals surface area contributed by atoms with E-state index in [9.17, 15) is 0 Å². The number of hydrogen-bond acceptors (Lipinski definition) is 2. The highest BCUT2D eigenvalue weighted by molar-refractivity contribution is 5.03. The Balaban J connectivity index is 1.92. The molecule has 0 amide bonds. The number of rotatable bonds is 0. The van der Waals surface area contributed by atoms with E-state index in [2.05, 4.69) is 17.3 Å². The Morgan fingerprint density at radius 3 is 2.12 bits per heavy atom. The molecule has 1 N–H and O–H groups in total. The predicted octanol–water partition coefficient (Wildman–Crippen LogP) is -0.317. The zero-order valence-corrected chi connectivity index (χ0v) is 4.98. The quantitative estimate of drug-likeness (QED) is 0.431. The Labute approximate surface area is 49.9 Å². The molecule has 0 aromatic carbocycles. The van der Waals surface area contributed by atoms with Crippen molar-refractivity contribution in [2.75, 3.05) is 26.2 Å². The van der Waals surface area contributed by atoms with Crippen molar-refractivity contribution < 1.29 is 0 Å². The van der Waals surface area contributed by atoms with Gasteiger partial charge in [0.05, 0.1) is 0 Å². The lowest BCUT2D eigenvalue weighted by Crippen LogP contribution is -2.69. The largest absolute Gasteiger partial charge is 0.458 e. The van der Waals surface area contributed by atoms with Crippen molar-refractivity contribution in [1.82, 2.24) is 10.2 Å². The molecule has 2 saturated heterocycles. The Hall–Kier alpha value is -0.0800. The van der Waals surface area contributed by atoms with E-state index in [1.807, 2.05) is 0 Å². The molecule has 0 saturated carbocycles. The van der Waals surface area contributed by atoms with Gasteiger partial charge in [0.15, 0.2) is 0 Å². The van der Waals surface area contributed by atoms with Crippen molar-refractivity contribution in [1.29, 1.82) is 0 Å². The maximum absolute atomic E-state index is 3.83. The summed E-state index contributed by atoms with van der Waals surface area (Å²) in [6, 6.07) is 0. The molecule has 0 aromatic heterocycles. The van der Waals surface area contributed by atoms with Crippen LogP contribution in [0.3, 0.4) is 0 Å². The van der Waals surface area contributed by atoms with Crippen LogP contribution in [0.5, 0.6) is 0 Å². The van der Waals surface area contributed by atoms with Gasteiger partial charge in [0.2, 0.25) is 0 Å². The Morgan fingerprint density at radius 1 is 1.38 bits per heavy atom. The molecule has 1 spiro atoms. The molecule has 2 nitrogen and oxygen atoms in total. The van der Waals surface area contributed by atoms with Gasteiger partial charge in [-0.25, -0.2) is 0 Å². The van der Waals surface area contributed by atoms with Crippen LogP contribution in [0.25, 0.3) is 0 Å². The predicted molar refractivity (Wildman–Crippen MR) is 32.2 cm³/mol. The van der Waals surface area contributed by atoms with Gasteiger partial charge in [0, 0.05) is 18.5 Å². The van der Waals surface area contributed by atoms with Crippen molar-refractivity contribution in [3.8, 4) is 0 Å². The van der Waals surface area contributed by atoms with Crippen LogP contribution < -0.4 is 5.32 Å². The van der Waals surface area contributed by atoms with E-state index in [4.69, 9.17) is 0 Å². The van der Waals surface area contributed by atoms with Crippen LogP contribution in [0, 0.1) is 12.5 Å². The fourth-order valence-electron chi connectivity index (χ4n) is 1.60. The maximum atomic E-state index is 3.83. The van der Waals surface area contributed by atoms with E-state index in [1.54, 1.807) is 0 Å². The average molecular weight is 111 g/mol. The normalized spacial score (nSPS) is 34.1. The second-order valence-electron chi connectivity index (χ2n) is 3.09. The first-order valence-electron chi connectivity index (χ1n) is 3.07. The van der Waals surface area contributed by atoms with Crippen LogP contribution in [-0.2, 0) is 0 Å². The zero-order valence-electron chi connectivity index (χ0n) is 4.98. The summed E-state index contributed by atoms with van der Waals surface area (Å²) in [7, 11) is 3.83. The molecule has 0 atom stereocenters. The second kappa shape index (κ2) is 1.25. The number of nitrogens with zero attached hydrogens (tertiary/aromatic N) is 1. The number of hydrogen-bond donors (Lipinski definition) is 1. The fourth-order valence-corrected chi connectivity index (χ4v) is 1.60. The fraction of sp³-hybridized carbons (Fsp3) is 0.833. The van der Waals surface area contributed by atoms with Crippen molar-refractivity contribution >= 4 is 0 Å². The summed E-state index contributed by atoms with van der Waals surface area (Å²) in [6.45, 7) is 4.86. The lowest BCUT2D eigenvalue weighted by atomic mass is 9.75. The van der Waals surface area contributed by atoms with Gasteiger partial charge >= 0.3 is 0 Å². The van der Waals surface area contributed by atoms with Crippen LogP contribution in [0.4, 0.5) is 0 Å². The summed E-state index contributed by atoms with van der Waals surface area (Å²) in [6.07, 6.45) is 0. The first-order valence-corrected chi connectivity index (χ1v) is 3.07. The molecule has 0 unspecified atom stereocenters. The molecule has 2 heteroatoms. The molecule has 2 aliphatic rings. The minimum absolute atomic E-state index is 0.668. The van der Waals surface area contributed by atoms with Crippen molar-refractivity contribution in [3.05, 3.63) is 7.05 Å². The highest BCUT2D eigenvalue weighted by Gasteiger charge is 2.42. The molecule has 0 radical (unpaired) electrons. The summed E-state index contributed by atoms with van der Waals surface area (Å²) < 4.78 is 0. The van der Waals surface area contributed by atoms with Crippen LogP contribution in [0.2, 0.25) is 0 Å². The molecule has 2 aliphatic heterocycles. The summed E-state index contributed by atoms with van der Waals surface area (Å²) in [5, 5.41) is 3.27. The molecule has 0 aliphatic carbocycles. The first kappa shape index (κ1) is 4.77. The van der Waals surface area contributed by atoms with Gasteiger partial charge in [-0.05, 0) is 13.1 Å². The van der Waals surface area contributed by atoms with Gasteiger partial charge in [0.1, 0.15) is 0 Å². The highest BCUT2D eigenvalue weighted by atomic mass is 15.2. The van der Waals surface area contributed by atoms with Gasteiger partial charge in [-0.2, -0.15) is 0 Å². The van der Waals surface area contributed by atoms with Crippen LogP contribution in [0.15, 0.2) is 0 Å². The summed E-state index contributed by atoms with van der Waals surface area (Å²) in [5.41, 5.74) is 0.668. The van der Waals surface area contributed by atoms with Gasteiger partial charge in [-0.1, -0.05) is 0 Å². The molecular formula is C6H11N2-. The molecule has 0 bridgehead atoms. The number of nitrogens with one attached hydrogen (secondary N) is 1. The number of likely N-dealkylation sites (tertiary alicyclic amines) is 1. The minimum atomic E-state index is 0.668. The van der Waals surface area contributed by atoms with E-state index < -0.39 is 0 Å². The lowest BCUT2D eigenvalue weighted by Gasteiger charge is -2.59. The second-order valence-corrected chi connectivity index (χ2v) is 3.09. The third-order valence-corrected chi connectivity index (χ3v) is 2.12. The average Bonchev–Trinajstić information content (AvgIpc) is 1.51.